The number of fused-ring (bicyclic) bond motifs is 1. The molecule has 125 valence electrons. The second-order valence-electron chi connectivity index (χ2n) is 5.98. The highest BCUT2D eigenvalue weighted by Gasteiger charge is 2.21. The third-order valence-electron chi connectivity index (χ3n) is 4.23. The van der Waals surface area contributed by atoms with Gasteiger partial charge in [-0.1, -0.05) is 72.8 Å². The first-order valence-electron chi connectivity index (χ1n) is 8.30. The molecule has 0 spiro atoms. The van der Waals surface area contributed by atoms with Crippen LogP contribution in [-0.2, 0) is 27.4 Å². The minimum atomic E-state index is -0.521. The molecule has 3 rings (SSSR count). The highest BCUT2D eigenvalue weighted by molar-refractivity contribution is 5.86. The average Bonchev–Trinajstić information content (AvgIpc) is 2.67. The van der Waals surface area contributed by atoms with Crippen LogP contribution in [-0.4, -0.2) is 12.3 Å². The summed E-state index contributed by atoms with van der Waals surface area (Å²) in [4.78, 5) is 23.4. The summed E-state index contributed by atoms with van der Waals surface area (Å²) in [5.41, 5.74) is 1.96. The van der Waals surface area contributed by atoms with Crippen LogP contribution in [0.2, 0.25) is 0 Å². The minimum Gasteiger partial charge on any atom is -0.461 e. The molecule has 3 aromatic carbocycles. The van der Waals surface area contributed by atoms with Crippen molar-refractivity contribution in [1.29, 1.82) is 0 Å². The lowest BCUT2D eigenvalue weighted by Crippen LogP contribution is -2.20. The SMILES string of the molecule is O=[C]CC(Cc1cccc2ccccc12)C(=O)OCc1ccccc1. The molecule has 3 heteroatoms. The summed E-state index contributed by atoms with van der Waals surface area (Å²) >= 11 is 0. The standard InChI is InChI=1S/C22H19O3/c23-14-13-20(22(24)25-16-17-7-2-1-3-8-17)15-19-11-6-10-18-9-4-5-12-21(18)19/h1-12,20H,13,15-16H2. The van der Waals surface area contributed by atoms with Gasteiger partial charge in [-0.15, -0.1) is 0 Å². The van der Waals surface area contributed by atoms with E-state index in [2.05, 4.69) is 0 Å². The van der Waals surface area contributed by atoms with Crippen molar-refractivity contribution in [2.24, 2.45) is 5.92 Å². The van der Waals surface area contributed by atoms with Crippen molar-refractivity contribution >= 4 is 23.0 Å². The Morgan fingerprint density at radius 1 is 0.920 bits per heavy atom. The van der Waals surface area contributed by atoms with E-state index in [0.717, 1.165) is 21.9 Å². The molecule has 3 nitrogen and oxygen atoms in total. The Morgan fingerprint density at radius 2 is 1.64 bits per heavy atom. The van der Waals surface area contributed by atoms with Crippen molar-refractivity contribution < 1.29 is 14.3 Å². The molecule has 0 bridgehead atoms. The number of benzene rings is 3. The van der Waals surface area contributed by atoms with Gasteiger partial charge in [-0.25, -0.2) is 0 Å². The van der Waals surface area contributed by atoms with Crippen LogP contribution in [0.1, 0.15) is 17.5 Å². The van der Waals surface area contributed by atoms with E-state index < -0.39 is 5.92 Å². The topological polar surface area (TPSA) is 43.4 Å². The van der Waals surface area contributed by atoms with Gasteiger partial charge in [0.15, 0.2) is 6.29 Å². The zero-order valence-corrected chi connectivity index (χ0v) is 13.9. The van der Waals surface area contributed by atoms with Crippen LogP contribution in [0.3, 0.4) is 0 Å². The predicted octanol–water partition coefficient (Wildman–Crippen LogP) is 4.24. The Balaban J connectivity index is 1.74. The lowest BCUT2D eigenvalue weighted by molar-refractivity contribution is -0.149. The highest BCUT2D eigenvalue weighted by Crippen LogP contribution is 2.23. The smallest absolute Gasteiger partial charge is 0.310 e. The Morgan fingerprint density at radius 3 is 2.44 bits per heavy atom. The minimum absolute atomic E-state index is 0.0385. The summed E-state index contributed by atoms with van der Waals surface area (Å²) < 4.78 is 5.41. The third kappa shape index (κ3) is 4.32. The van der Waals surface area contributed by atoms with Crippen molar-refractivity contribution in [3.05, 3.63) is 83.9 Å². The number of rotatable bonds is 7. The van der Waals surface area contributed by atoms with E-state index in [-0.39, 0.29) is 19.0 Å². The van der Waals surface area contributed by atoms with Gasteiger partial charge in [0, 0.05) is 6.42 Å². The Bertz CT molecular complexity index is 850. The van der Waals surface area contributed by atoms with Crippen LogP contribution < -0.4 is 0 Å². The zero-order chi connectivity index (χ0) is 17.5. The van der Waals surface area contributed by atoms with Crippen LogP contribution in [0.25, 0.3) is 10.8 Å². The predicted molar refractivity (Wildman–Crippen MR) is 97.7 cm³/mol. The summed E-state index contributed by atoms with van der Waals surface area (Å²) in [6.45, 7) is 0.213. The lowest BCUT2D eigenvalue weighted by Gasteiger charge is -2.15. The lowest BCUT2D eigenvalue weighted by atomic mass is 9.93. The summed E-state index contributed by atoms with van der Waals surface area (Å²) in [5.74, 6) is -0.882. The molecule has 0 saturated carbocycles. The first-order valence-corrected chi connectivity index (χ1v) is 8.30. The first-order chi connectivity index (χ1) is 12.3. The number of hydrogen-bond donors (Lipinski definition) is 0. The van der Waals surface area contributed by atoms with E-state index in [1.807, 2.05) is 79.1 Å². The van der Waals surface area contributed by atoms with Gasteiger partial charge in [0.2, 0.25) is 0 Å². The molecule has 0 aromatic heterocycles. The van der Waals surface area contributed by atoms with Crippen LogP contribution >= 0.6 is 0 Å². The van der Waals surface area contributed by atoms with E-state index in [0.29, 0.717) is 6.42 Å². The van der Waals surface area contributed by atoms with Gasteiger partial charge in [-0.05, 0) is 28.3 Å². The summed E-state index contributed by atoms with van der Waals surface area (Å²) in [6.07, 6.45) is 2.37. The molecule has 0 fully saturated rings. The van der Waals surface area contributed by atoms with Gasteiger partial charge in [0.1, 0.15) is 6.61 Å². The molecule has 0 N–H and O–H groups in total. The van der Waals surface area contributed by atoms with Crippen molar-refractivity contribution in [3.63, 3.8) is 0 Å². The van der Waals surface area contributed by atoms with Gasteiger partial charge in [0.05, 0.1) is 5.92 Å². The molecule has 1 unspecified atom stereocenters. The van der Waals surface area contributed by atoms with E-state index in [9.17, 15) is 9.59 Å². The number of esters is 1. The number of hydrogen-bond acceptors (Lipinski definition) is 3. The Labute approximate surface area is 147 Å². The average molecular weight is 331 g/mol. The Hall–Kier alpha value is -2.94. The number of carbonyl (C=O) groups excluding carboxylic acids is 2. The van der Waals surface area contributed by atoms with Gasteiger partial charge in [0.25, 0.3) is 0 Å². The molecule has 3 aromatic rings. The van der Waals surface area contributed by atoms with E-state index in [1.54, 1.807) is 0 Å². The number of ether oxygens (including phenoxy) is 1. The van der Waals surface area contributed by atoms with Crippen LogP contribution in [0.15, 0.2) is 72.8 Å². The first kappa shape index (κ1) is 16.9. The zero-order valence-electron chi connectivity index (χ0n) is 13.9. The van der Waals surface area contributed by atoms with Crippen molar-refractivity contribution in [2.45, 2.75) is 19.4 Å². The van der Waals surface area contributed by atoms with Crippen LogP contribution in [0, 0.1) is 5.92 Å². The summed E-state index contributed by atoms with van der Waals surface area (Å²) in [7, 11) is 0. The number of carbonyl (C=O) groups is 1. The Kier molecular flexibility index (Phi) is 5.57. The normalized spacial score (nSPS) is 11.8. The molecule has 0 amide bonds. The fourth-order valence-corrected chi connectivity index (χ4v) is 2.92. The molecule has 0 aliphatic carbocycles. The maximum absolute atomic E-state index is 12.4. The van der Waals surface area contributed by atoms with Gasteiger partial charge in [-0.3, -0.25) is 9.59 Å². The van der Waals surface area contributed by atoms with E-state index in [4.69, 9.17) is 4.74 Å². The maximum Gasteiger partial charge on any atom is 0.310 e. The van der Waals surface area contributed by atoms with E-state index >= 15 is 0 Å². The highest BCUT2D eigenvalue weighted by atomic mass is 16.5. The second-order valence-corrected chi connectivity index (χ2v) is 5.98. The molecule has 0 heterocycles. The molecular weight excluding hydrogens is 312 g/mol. The van der Waals surface area contributed by atoms with Gasteiger partial charge < -0.3 is 4.74 Å². The largest absolute Gasteiger partial charge is 0.461 e. The molecule has 1 atom stereocenters. The van der Waals surface area contributed by atoms with Crippen LogP contribution in [0.5, 0.6) is 0 Å². The monoisotopic (exact) mass is 331 g/mol. The fraction of sp³-hybridized carbons (Fsp3) is 0.182. The molecule has 0 aliphatic heterocycles. The maximum atomic E-state index is 12.4. The van der Waals surface area contributed by atoms with Crippen molar-refractivity contribution in [1.82, 2.24) is 0 Å². The summed E-state index contributed by atoms with van der Waals surface area (Å²) in [6, 6.07) is 23.5. The summed E-state index contributed by atoms with van der Waals surface area (Å²) in [5, 5.41) is 2.21. The second kappa shape index (κ2) is 8.25. The van der Waals surface area contributed by atoms with Gasteiger partial charge in [-0.2, -0.15) is 0 Å². The molecule has 0 aliphatic rings. The van der Waals surface area contributed by atoms with Crippen molar-refractivity contribution in [3.8, 4) is 0 Å². The van der Waals surface area contributed by atoms with Crippen molar-refractivity contribution in [2.75, 3.05) is 0 Å². The third-order valence-corrected chi connectivity index (χ3v) is 4.23. The molecule has 25 heavy (non-hydrogen) atoms. The quantitative estimate of drug-likeness (QED) is 0.608. The van der Waals surface area contributed by atoms with E-state index in [1.165, 1.54) is 0 Å². The molecule has 1 radical (unpaired) electrons. The van der Waals surface area contributed by atoms with Gasteiger partial charge >= 0.3 is 5.97 Å². The van der Waals surface area contributed by atoms with Crippen LogP contribution in [0.4, 0.5) is 0 Å². The fourth-order valence-electron chi connectivity index (χ4n) is 2.92. The molecule has 0 saturated heterocycles. The molecular formula is C22H19O3.